The summed E-state index contributed by atoms with van der Waals surface area (Å²) in [5, 5.41) is 3.27. The first kappa shape index (κ1) is 41.4. The van der Waals surface area contributed by atoms with Crippen LogP contribution in [-0.2, 0) is 26.1 Å². The third-order valence-electron chi connectivity index (χ3n) is 8.46. The van der Waals surface area contributed by atoms with E-state index in [1.807, 2.05) is 12.1 Å². The highest BCUT2D eigenvalue weighted by Gasteiger charge is 2.19. The average molecular weight is 813 g/mol. The quantitative estimate of drug-likeness (QED) is 0.0608. The average Bonchev–Trinajstić information content (AvgIpc) is 3.20. The minimum atomic E-state index is -3.61. The molecule has 6 aromatic rings. The Bertz CT molecular complexity index is 2430. The lowest BCUT2D eigenvalue weighted by Crippen LogP contribution is -2.09. The van der Waals surface area contributed by atoms with E-state index in [9.17, 15) is 16.8 Å². The van der Waals surface area contributed by atoms with Crippen LogP contribution >= 0.6 is 0 Å². The van der Waals surface area contributed by atoms with Gasteiger partial charge in [0.05, 0.1) is 40.4 Å². The van der Waals surface area contributed by atoms with Crippen molar-refractivity contribution < 1.29 is 31.0 Å². The zero-order chi connectivity index (χ0) is 41.2. The number of nitrogen functional groups attached to an aromatic ring is 5. The molecule has 57 heavy (non-hydrogen) atoms. The van der Waals surface area contributed by atoms with Crippen LogP contribution in [0.15, 0.2) is 135 Å². The van der Waals surface area contributed by atoms with Crippen molar-refractivity contribution in [2.75, 3.05) is 61.4 Å². The second-order valence-corrected chi connectivity index (χ2v) is 16.4. The standard InChI is InChI=1S/C28H32N6O5S.C12H12N2O2S/c1-37-24-15-18(14-19-17-33-28(31)34-27(19)30)16-25(38-2)26(24)39-13-3-12-32-21-6-10-23(11-7-21)40(35,36)22-8-4-20(29)5-9-22;13-9-1-5-11(6-2-9)17(15,16)12-7-3-10(14)4-8-12/h4-11,15-17,32H,3,12-14,29H2,1-2H3,(H4,30,31,33,34);1-8H,13-14H2. The van der Waals surface area contributed by atoms with Crippen LogP contribution in [0.5, 0.6) is 17.2 Å². The normalized spacial score (nSPS) is 11.2. The van der Waals surface area contributed by atoms with E-state index >= 15 is 0 Å². The van der Waals surface area contributed by atoms with Gasteiger partial charge in [0.1, 0.15) is 5.82 Å². The van der Waals surface area contributed by atoms with Crippen molar-refractivity contribution in [2.24, 2.45) is 0 Å². The Balaban J connectivity index is 0.000000303. The Kier molecular flexibility index (Phi) is 13.3. The zero-order valence-corrected chi connectivity index (χ0v) is 32.9. The maximum Gasteiger partial charge on any atom is 0.221 e. The van der Waals surface area contributed by atoms with Gasteiger partial charge in [0.2, 0.25) is 31.4 Å². The molecule has 11 N–H and O–H groups in total. The van der Waals surface area contributed by atoms with E-state index in [0.717, 1.165) is 16.8 Å². The molecule has 1 heterocycles. The van der Waals surface area contributed by atoms with Crippen LogP contribution in [0.1, 0.15) is 17.5 Å². The SMILES string of the molecule is COc1cc(Cc2cnc(N)nc2N)cc(OC)c1OCCCNc1ccc(S(=O)(=O)c2ccc(N)cc2)cc1.Nc1ccc(S(=O)(=O)c2ccc(N)cc2)cc1. The van der Waals surface area contributed by atoms with Gasteiger partial charge in [0.15, 0.2) is 11.5 Å². The predicted molar refractivity (Wildman–Crippen MR) is 222 cm³/mol. The lowest BCUT2D eigenvalue weighted by atomic mass is 10.1. The van der Waals surface area contributed by atoms with Crippen molar-refractivity contribution in [2.45, 2.75) is 32.4 Å². The van der Waals surface area contributed by atoms with Crippen LogP contribution in [0.3, 0.4) is 0 Å². The predicted octanol–water partition coefficient (Wildman–Crippen LogP) is 5.23. The van der Waals surface area contributed by atoms with Gasteiger partial charge in [-0.15, -0.1) is 0 Å². The molecule has 0 radical (unpaired) electrons. The van der Waals surface area contributed by atoms with Gasteiger partial charge in [-0.05, 0) is 121 Å². The number of aromatic nitrogens is 2. The van der Waals surface area contributed by atoms with Gasteiger partial charge in [-0.1, -0.05) is 0 Å². The van der Waals surface area contributed by atoms with Crippen LogP contribution in [0, 0.1) is 0 Å². The van der Waals surface area contributed by atoms with Crippen LogP contribution in [-0.4, -0.2) is 54.2 Å². The number of nitrogens with two attached hydrogens (primary N) is 5. The second kappa shape index (κ2) is 18.3. The van der Waals surface area contributed by atoms with Gasteiger partial charge in [-0.2, -0.15) is 4.98 Å². The molecular formula is C40H44N8O7S2. The summed E-state index contributed by atoms with van der Waals surface area (Å²) in [4.78, 5) is 8.86. The van der Waals surface area contributed by atoms with Crippen molar-refractivity contribution in [1.29, 1.82) is 0 Å². The van der Waals surface area contributed by atoms with Crippen molar-refractivity contribution in [1.82, 2.24) is 9.97 Å². The van der Waals surface area contributed by atoms with E-state index in [1.54, 1.807) is 81.1 Å². The van der Waals surface area contributed by atoms with E-state index < -0.39 is 19.7 Å². The molecule has 0 aliphatic carbocycles. The van der Waals surface area contributed by atoms with Gasteiger partial charge in [-0.3, -0.25) is 0 Å². The number of hydrogen-bond acceptors (Lipinski definition) is 15. The molecular weight excluding hydrogens is 769 g/mol. The molecule has 0 fully saturated rings. The molecule has 0 aliphatic rings. The maximum absolute atomic E-state index is 12.8. The molecule has 5 aromatic carbocycles. The molecule has 0 atom stereocenters. The fourth-order valence-corrected chi connectivity index (χ4v) is 7.93. The molecule has 0 saturated heterocycles. The van der Waals surface area contributed by atoms with Crippen LogP contribution in [0.25, 0.3) is 0 Å². The van der Waals surface area contributed by atoms with Crippen molar-refractivity contribution in [3.63, 3.8) is 0 Å². The number of nitrogens with one attached hydrogen (secondary N) is 1. The molecule has 0 spiro atoms. The first-order chi connectivity index (χ1) is 27.2. The van der Waals surface area contributed by atoms with Crippen molar-refractivity contribution in [3.8, 4) is 17.2 Å². The number of rotatable bonds is 14. The lowest BCUT2D eigenvalue weighted by molar-refractivity contribution is 0.273. The first-order valence-electron chi connectivity index (χ1n) is 17.4. The van der Waals surface area contributed by atoms with Crippen LogP contribution in [0.2, 0.25) is 0 Å². The monoisotopic (exact) mass is 812 g/mol. The Labute approximate surface area is 331 Å². The summed E-state index contributed by atoms with van der Waals surface area (Å²) < 4.78 is 67.1. The smallest absolute Gasteiger partial charge is 0.221 e. The Morgan fingerprint density at radius 2 is 1.04 bits per heavy atom. The Hall–Kier alpha value is -6.72. The van der Waals surface area contributed by atoms with Gasteiger partial charge < -0.3 is 48.2 Å². The summed E-state index contributed by atoms with van der Waals surface area (Å²) in [5.74, 6) is 1.98. The van der Waals surface area contributed by atoms with Crippen LogP contribution in [0.4, 0.5) is 34.5 Å². The maximum atomic E-state index is 12.8. The highest BCUT2D eigenvalue weighted by molar-refractivity contribution is 7.91. The molecule has 0 unspecified atom stereocenters. The van der Waals surface area contributed by atoms with E-state index in [2.05, 4.69) is 15.3 Å². The summed E-state index contributed by atoms with van der Waals surface area (Å²) in [6.45, 7) is 0.991. The molecule has 0 aliphatic heterocycles. The fraction of sp³-hybridized carbons (Fsp3) is 0.150. The van der Waals surface area contributed by atoms with Gasteiger partial charge >= 0.3 is 0 Å². The molecule has 0 saturated carbocycles. The Morgan fingerprint density at radius 1 is 0.614 bits per heavy atom. The fourth-order valence-electron chi connectivity index (χ4n) is 5.41. The minimum Gasteiger partial charge on any atom is -0.493 e. The van der Waals surface area contributed by atoms with Crippen molar-refractivity contribution in [3.05, 3.63) is 127 Å². The number of benzene rings is 5. The third kappa shape index (κ3) is 10.5. The van der Waals surface area contributed by atoms with E-state index in [0.29, 0.717) is 66.1 Å². The number of methoxy groups -OCH3 is 2. The third-order valence-corrected chi connectivity index (χ3v) is 12.0. The van der Waals surface area contributed by atoms with E-state index in [1.165, 1.54) is 36.4 Å². The number of hydrogen-bond donors (Lipinski definition) is 6. The summed E-state index contributed by atoms with van der Waals surface area (Å²) in [6.07, 6.45) is 2.72. The van der Waals surface area contributed by atoms with Crippen molar-refractivity contribution >= 4 is 54.2 Å². The molecule has 298 valence electrons. The van der Waals surface area contributed by atoms with Gasteiger partial charge in [0, 0.05) is 47.5 Å². The topological polar surface area (TPSA) is 264 Å². The Morgan fingerprint density at radius 3 is 1.44 bits per heavy atom. The van der Waals surface area contributed by atoms with Crippen LogP contribution < -0.4 is 48.2 Å². The summed E-state index contributed by atoms with van der Waals surface area (Å²) in [6, 6.07) is 28.6. The number of sulfone groups is 2. The van der Waals surface area contributed by atoms with E-state index in [-0.39, 0.29) is 25.5 Å². The van der Waals surface area contributed by atoms with Gasteiger partial charge in [-0.25, -0.2) is 21.8 Å². The number of nitrogens with zero attached hydrogens (tertiary/aromatic N) is 2. The van der Waals surface area contributed by atoms with Gasteiger partial charge in [0.25, 0.3) is 0 Å². The highest BCUT2D eigenvalue weighted by atomic mass is 32.2. The molecule has 6 rings (SSSR count). The van der Waals surface area contributed by atoms with E-state index in [4.69, 9.17) is 42.9 Å². The molecule has 17 heteroatoms. The largest absolute Gasteiger partial charge is 0.493 e. The minimum absolute atomic E-state index is 0.119. The summed E-state index contributed by atoms with van der Waals surface area (Å²) >= 11 is 0. The number of ether oxygens (including phenoxy) is 3. The molecule has 0 bridgehead atoms. The highest BCUT2D eigenvalue weighted by Crippen LogP contribution is 2.39. The molecule has 1 aromatic heterocycles. The zero-order valence-electron chi connectivity index (χ0n) is 31.3. The molecule has 15 nitrogen and oxygen atoms in total. The number of anilines is 6. The summed E-state index contributed by atoms with van der Waals surface area (Å²) in [7, 11) is -3.98. The first-order valence-corrected chi connectivity index (χ1v) is 20.3. The lowest BCUT2D eigenvalue weighted by Gasteiger charge is -2.17. The second-order valence-electron chi connectivity index (χ2n) is 12.5. The molecule has 0 amide bonds. The summed E-state index contributed by atoms with van der Waals surface area (Å²) in [5.41, 5.74) is 32.2.